The highest BCUT2D eigenvalue weighted by atomic mass is 16.8. The summed E-state index contributed by atoms with van der Waals surface area (Å²) >= 11 is 0. The van der Waals surface area contributed by atoms with E-state index in [1.807, 2.05) is 0 Å². The third-order valence-electron chi connectivity index (χ3n) is 9.64. The first kappa shape index (κ1) is 58.2. The van der Waals surface area contributed by atoms with E-state index in [0.717, 1.165) is 69.2 Å². The Morgan fingerprint density at radius 1 is 0.357 bits per heavy atom. The summed E-state index contributed by atoms with van der Waals surface area (Å²) in [7, 11) is 0. The minimum absolute atomic E-state index is 0.0726. The Morgan fingerprint density at radius 2 is 0.629 bits per heavy atom. The molecular formula is C42H58O28. The molecule has 28 heteroatoms. The zero-order chi connectivity index (χ0) is 52.6. The molecule has 0 amide bonds. The molecule has 3 saturated heterocycles. The Bertz CT molecular complexity index is 1900. The highest BCUT2D eigenvalue weighted by Gasteiger charge is 2.60. The Kier molecular flexibility index (Phi) is 22.8. The number of carboxylic acid groups (broad SMARTS) is 1. The van der Waals surface area contributed by atoms with Gasteiger partial charge in [0.2, 0.25) is 0 Å². The Hall–Kier alpha value is -6.07. The van der Waals surface area contributed by atoms with Gasteiger partial charge in [-0.15, -0.1) is 0 Å². The fourth-order valence-electron chi connectivity index (χ4n) is 7.31. The number of hydrogen-bond donors (Lipinski definition) is 1. The zero-order valence-corrected chi connectivity index (χ0v) is 39.9. The highest BCUT2D eigenvalue weighted by molar-refractivity contribution is 5.70. The van der Waals surface area contributed by atoms with E-state index >= 15 is 0 Å². The maximum Gasteiger partial charge on any atom is 0.303 e. The average Bonchev–Trinajstić information content (AvgIpc) is 3.22. The molecule has 3 rings (SSSR count). The number of rotatable bonds is 22. The largest absolute Gasteiger partial charge is 0.481 e. The summed E-state index contributed by atoms with van der Waals surface area (Å²) in [6, 6.07) is 0. The van der Waals surface area contributed by atoms with Crippen molar-refractivity contribution in [3.05, 3.63) is 0 Å². The van der Waals surface area contributed by atoms with Crippen LogP contribution in [0.1, 0.15) is 82.1 Å². The minimum atomic E-state index is -2.05. The van der Waals surface area contributed by atoms with Gasteiger partial charge < -0.3 is 80.9 Å². The summed E-state index contributed by atoms with van der Waals surface area (Å²) in [5, 5.41) is 9.15. The smallest absolute Gasteiger partial charge is 0.303 e. The lowest BCUT2D eigenvalue weighted by atomic mass is 9.95. The van der Waals surface area contributed by atoms with Crippen LogP contribution in [0.15, 0.2) is 0 Å². The van der Waals surface area contributed by atoms with E-state index in [1.165, 1.54) is 0 Å². The van der Waals surface area contributed by atoms with Crippen LogP contribution in [0.5, 0.6) is 0 Å². The van der Waals surface area contributed by atoms with Gasteiger partial charge in [0.25, 0.3) is 0 Å². The summed E-state index contributed by atoms with van der Waals surface area (Å²) in [4.78, 5) is 137. The molecule has 0 aromatic heterocycles. The SMILES string of the molecule is CC(=O)OC[C@H]1O[C@H](O[C@@H]2[C@H](OC(C)=O)[C@@H](OC(C)=O)[C@H](O[C@H]3[C@H](OC(C)=O)[C@@H](OC(C)=O)[C@H](OCCCC(=O)O)O[C@@H]3COC(C)=O)O[C@@H]2COC(C)=O)[C@H](OC(C)=O)[C@@H](OC(C)=O)[C@H]1OC(C)=O. The Balaban J connectivity index is 2.29. The van der Waals surface area contributed by atoms with Gasteiger partial charge in [-0.2, -0.15) is 0 Å². The molecule has 1 N–H and O–H groups in total. The van der Waals surface area contributed by atoms with Crippen molar-refractivity contribution in [3.8, 4) is 0 Å². The first-order valence-corrected chi connectivity index (χ1v) is 21.5. The standard InChI is InChI=1S/C42H58O28/c1-17(43)56-14-27-31(59-20(4)46)34(60-21(5)47)38(64-25(9)51)41(67-27)70-33-29(16-58-19(3)45)68-42(39(65-26(10)52)36(33)62-23(7)49)69-32-28(15-57-18(2)44)66-40(55-13-11-12-30(53)54)37(63-24(8)50)35(32)61-22(6)48/h27-29,31-42H,11-16H2,1-10H3,(H,53,54)/t27-,28-,29-,31+,32-,33+,34+,35+,36+,37-,38-,39-,40-,41-,42+/m1/s1. The van der Waals surface area contributed by atoms with Gasteiger partial charge in [-0.3, -0.25) is 52.7 Å². The summed E-state index contributed by atoms with van der Waals surface area (Å²) in [5.74, 6) is -10.9. The molecule has 15 atom stereocenters. The molecule has 0 unspecified atom stereocenters. The van der Waals surface area contributed by atoms with Crippen molar-refractivity contribution in [2.45, 2.75) is 174 Å². The quantitative estimate of drug-likeness (QED) is 0.0774. The molecule has 70 heavy (non-hydrogen) atoms. The molecule has 0 aliphatic carbocycles. The number of carboxylic acids is 1. The van der Waals surface area contributed by atoms with E-state index in [9.17, 15) is 52.7 Å². The van der Waals surface area contributed by atoms with E-state index < -0.39 is 178 Å². The van der Waals surface area contributed by atoms with Gasteiger partial charge >= 0.3 is 65.7 Å². The zero-order valence-electron chi connectivity index (χ0n) is 39.9. The van der Waals surface area contributed by atoms with Crippen molar-refractivity contribution >= 4 is 65.7 Å². The molecule has 0 radical (unpaired) electrons. The number of esters is 10. The Morgan fingerprint density at radius 3 is 0.943 bits per heavy atom. The van der Waals surface area contributed by atoms with Crippen molar-refractivity contribution in [2.75, 3.05) is 26.4 Å². The molecule has 394 valence electrons. The lowest BCUT2D eigenvalue weighted by Crippen LogP contribution is -2.69. The van der Waals surface area contributed by atoms with Crippen LogP contribution in [0.3, 0.4) is 0 Å². The van der Waals surface area contributed by atoms with Gasteiger partial charge in [0, 0.05) is 75.7 Å². The first-order valence-electron chi connectivity index (χ1n) is 21.5. The summed E-state index contributed by atoms with van der Waals surface area (Å²) in [6.45, 7) is 7.31. The molecule has 3 fully saturated rings. The molecule has 3 heterocycles. The van der Waals surface area contributed by atoms with Crippen molar-refractivity contribution in [1.82, 2.24) is 0 Å². The summed E-state index contributed by atoms with van der Waals surface area (Å²) in [5.41, 5.74) is 0. The number of carbonyl (C=O) groups is 11. The van der Waals surface area contributed by atoms with Gasteiger partial charge in [0.1, 0.15) is 50.3 Å². The van der Waals surface area contributed by atoms with Crippen LogP contribution in [-0.4, -0.2) is 189 Å². The number of ether oxygens (including phenoxy) is 16. The van der Waals surface area contributed by atoms with Crippen molar-refractivity contribution in [1.29, 1.82) is 0 Å². The second kappa shape index (κ2) is 27.4. The summed E-state index contributed by atoms with van der Waals surface area (Å²) < 4.78 is 91.6. The maximum absolute atomic E-state index is 13.0. The third kappa shape index (κ3) is 18.4. The number of hydrogen-bond acceptors (Lipinski definition) is 27. The molecule has 0 saturated carbocycles. The van der Waals surface area contributed by atoms with Gasteiger partial charge in [0.15, 0.2) is 61.6 Å². The topological polar surface area (TPSA) is 356 Å². The lowest BCUT2D eigenvalue weighted by Gasteiger charge is -2.50. The number of carbonyl (C=O) groups excluding carboxylic acids is 10. The van der Waals surface area contributed by atoms with E-state index in [4.69, 9.17) is 80.9 Å². The van der Waals surface area contributed by atoms with E-state index in [2.05, 4.69) is 0 Å². The van der Waals surface area contributed by atoms with Crippen LogP contribution in [-0.2, 0) is 129 Å². The van der Waals surface area contributed by atoms with Crippen LogP contribution >= 0.6 is 0 Å². The molecule has 0 bridgehead atoms. The molecule has 3 aliphatic rings. The highest BCUT2D eigenvalue weighted by Crippen LogP contribution is 2.38. The van der Waals surface area contributed by atoms with Crippen LogP contribution in [0.2, 0.25) is 0 Å². The maximum atomic E-state index is 13.0. The molecule has 3 aliphatic heterocycles. The Labute approximate surface area is 399 Å². The van der Waals surface area contributed by atoms with Gasteiger partial charge in [-0.1, -0.05) is 0 Å². The number of aliphatic carboxylic acids is 1. The van der Waals surface area contributed by atoms with E-state index in [1.54, 1.807) is 0 Å². The average molecular weight is 1010 g/mol. The molecule has 0 spiro atoms. The molecule has 0 aromatic carbocycles. The normalized spacial score (nSPS) is 30.5. The van der Waals surface area contributed by atoms with E-state index in [-0.39, 0.29) is 19.4 Å². The molecular weight excluding hydrogens is 952 g/mol. The summed E-state index contributed by atoms with van der Waals surface area (Å²) in [6.07, 6.45) is -27.4. The second-order valence-corrected chi connectivity index (χ2v) is 15.6. The van der Waals surface area contributed by atoms with Crippen LogP contribution in [0.4, 0.5) is 0 Å². The molecule has 0 aromatic rings. The van der Waals surface area contributed by atoms with Crippen molar-refractivity contribution in [3.63, 3.8) is 0 Å². The van der Waals surface area contributed by atoms with Gasteiger partial charge in [-0.05, 0) is 6.42 Å². The fraction of sp³-hybridized carbons (Fsp3) is 0.738. The van der Waals surface area contributed by atoms with Crippen LogP contribution in [0.25, 0.3) is 0 Å². The molecule has 28 nitrogen and oxygen atoms in total. The van der Waals surface area contributed by atoms with Gasteiger partial charge in [-0.25, -0.2) is 0 Å². The second-order valence-electron chi connectivity index (χ2n) is 15.6. The van der Waals surface area contributed by atoms with Gasteiger partial charge in [0.05, 0.1) is 6.61 Å². The fourth-order valence-corrected chi connectivity index (χ4v) is 7.31. The first-order chi connectivity index (χ1) is 32.8. The van der Waals surface area contributed by atoms with Crippen molar-refractivity contribution < 1.29 is 134 Å². The van der Waals surface area contributed by atoms with Crippen LogP contribution < -0.4 is 0 Å². The minimum Gasteiger partial charge on any atom is -0.481 e. The third-order valence-corrected chi connectivity index (χ3v) is 9.64. The van der Waals surface area contributed by atoms with E-state index in [0.29, 0.717) is 0 Å². The lowest BCUT2D eigenvalue weighted by molar-refractivity contribution is -0.380. The monoisotopic (exact) mass is 1010 g/mol. The predicted molar refractivity (Wildman–Crippen MR) is 217 cm³/mol. The predicted octanol–water partition coefficient (Wildman–Crippen LogP) is -0.976. The van der Waals surface area contributed by atoms with Crippen molar-refractivity contribution in [2.24, 2.45) is 0 Å². The van der Waals surface area contributed by atoms with Crippen LogP contribution in [0, 0.1) is 0 Å².